The van der Waals surface area contributed by atoms with Gasteiger partial charge in [-0.05, 0) is 222 Å². The van der Waals surface area contributed by atoms with Gasteiger partial charge in [0.15, 0.2) is 0 Å². The van der Waals surface area contributed by atoms with Crippen LogP contribution in [0.3, 0.4) is 0 Å². The molecular weight excluding hydrogens is 1520 g/mol. The average Bonchev–Trinajstić information content (AvgIpc) is 1.38. The Morgan fingerprint density at radius 3 is 1.00 bits per heavy atom. The molecule has 0 amide bonds. The van der Waals surface area contributed by atoms with Crippen molar-refractivity contribution in [3.8, 4) is 39.6 Å². The van der Waals surface area contributed by atoms with Crippen molar-refractivity contribution in [3.63, 3.8) is 0 Å². The van der Waals surface area contributed by atoms with Gasteiger partial charge in [0.2, 0.25) is 0 Å². The zero-order valence-corrected chi connectivity index (χ0v) is 67.6. The van der Waals surface area contributed by atoms with E-state index in [2.05, 4.69) is 443 Å². The molecule has 2 aliphatic rings. The molecule has 572 valence electrons. The van der Waals surface area contributed by atoms with Gasteiger partial charge < -0.3 is 37.0 Å². The van der Waals surface area contributed by atoms with E-state index in [1.54, 1.807) is 0 Å². The molecule has 0 fully saturated rings. The second-order valence-corrected chi connectivity index (χ2v) is 34.9. The number of nitrogens with zero attached hydrogens (tertiary/aromatic N) is 8. The Bertz CT molecular complexity index is 9150. The first-order valence-electron chi connectivity index (χ1n) is 42.8. The van der Waals surface area contributed by atoms with Crippen molar-refractivity contribution in [2.24, 2.45) is 0 Å². The minimum Gasteiger partial charge on any atom is -0.311 e. The maximum absolute atomic E-state index is 2.73. The Balaban J connectivity index is 0.799. The number of thiophene rings is 1. The first kappa shape index (κ1) is 66.7. The number of rotatable bonds is 8. The SMILES string of the molecule is c1ccc(-n2c3ccc(-n4c5ccccc5c5ccccc54)cc3c3cc4c(cc32)B2c3cc5sc6ccc(-n7c8ccccc8c8ccccc87)cc6c5cc3N(c3cccc5c3c3ccccc3n5-c3ccccc3)c3cc(-c5cc6c7ccccc7n7c8ccccc8c(c5)c67)cc(c32)N4c2cccc3c2c2ccccc2n3-c2ccccc2)cc1. The summed E-state index contributed by atoms with van der Waals surface area (Å²) in [6, 6.07) is 154. The summed E-state index contributed by atoms with van der Waals surface area (Å²) in [7, 11) is 0. The molecule has 8 aromatic heterocycles. The summed E-state index contributed by atoms with van der Waals surface area (Å²) >= 11 is 1.91. The third kappa shape index (κ3) is 8.89. The lowest BCUT2D eigenvalue weighted by Crippen LogP contribution is -2.61. The highest BCUT2D eigenvalue weighted by atomic mass is 32.1. The van der Waals surface area contributed by atoms with Gasteiger partial charge in [0, 0.05) is 147 Å². The van der Waals surface area contributed by atoms with Gasteiger partial charge in [-0.25, -0.2) is 0 Å². The van der Waals surface area contributed by atoms with Gasteiger partial charge in [-0.2, -0.15) is 0 Å². The zero-order valence-electron chi connectivity index (χ0n) is 66.7. The Morgan fingerprint density at radius 2 is 0.524 bits per heavy atom. The van der Waals surface area contributed by atoms with Crippen LogP contribution in [0.5, 0.6) is 0 Å². The lowest BCUT2D eigenvalue weighted by Gasteiger charge is -2.45. The fourth-order valence-corrected chi connectivity index (χ4v) is 23.8. The van der Waals surface area contributed by atoms with Gasteiger partial charge in [-0.3, -0.25) is 0 Å². The van der Waals surface area contributed by atoms with E-state index in [1.807, 2.05) is 11.3 Å². The Kier molecular flexibility index (Phi) is 13.3. The highest BCUT2D eigenvalue weighted by Crippen LogP contribution is 2.55. The molecule has 0 aliphatic carbocycles. The number of hydrogen-bond donors (Lipinski definition) is 0. The van der Waals surface area contributed by atoms with Crippen LogP contribution in [0.15, 0.2) is 406 Å². The van der Waals surface area contributed by atoms with E-state index in [1.165, 1.54) is 140 Å². The molecule has 0 bridgehead atoms. The van der Waals surface area contributed by atoms with Gasteiger partial charge in [0.25, 0.3) is 6.71 Å². The molecule has 19 aromatic carbocycles. The Hall–Kier alpha value is -16.1. The average molecular weight is 1590 g/mol. The predicted octanol–water partition coefficient (Wildman–Crippen LogP) is 28.4. The summed E-state index contributed by atoms with van der Waals surface area (Å²) in [6.45, 7) is -0.334. The number of para-hydroxylation sites is 11. The molecule has 10 heterocycles. The smallest absolute Gasteiger partial charge is 0.252 e. The third-order valence-electron chi connectivity index (χ3n) is 27.6. The standard InChI is InChI=1S/C114H67BN8S/c1-4-28-70(29-5-1)116-97-48-24-16-40-81(97)111-100(116)50-26-52-102(111)121-105-64-84-83-62-73(119-91-42-18-10-34-75(91)76-35-11-19-43-92(76)119)54-56-99(83)118(72-32-8-3-9-33-72)104(84)66-89(105)115-90-67-110-86(85-63-74(55-57-109(85)124-110)120-93-44-20-12-36-77(93)78-37-13-21-45-94(78)120)65-106(90)122(103-53-27-51-101-112(103)82-41-17-25-49-98(82)117(101)71-30-6-2-7-31-71)108-61-69(60-107(121)113(108)115)68-58-87-79-38-14-22-46-95(79)123-96-47-23-15-39-80(96)88(59-68)114(87)123/h1-67H. The van der Waals surface area contributed by atoms with E-state index < -0.39 is 0 Å². The Labute approximate surface area is 713 Å². The van der Waals surface area contributed by atoms with Crippen molar-refractivity contribution in [2.45, 2.75) is 0 Å². The van der Waals surface area contributed by atoms with Crippen LogP contribution in [0.2, 0.25) is 0 Å². The second-order valence-electron chi connectivity index (χ2n) is 33.8. The molecule has 27 aromatic rings. The van der Waals surface area contributed by atoms with E-state index in [4.69, 9.17) is 0 Å². The second kappa shape index (κ2) is 24.8. The van der Waals surface area contributed by atoms with Crippen LogP contribution in [0.1, 0.15) is 0 Å². The number of aromatic nitrogens is 6. The molecule has 8 nitrogen and oxygen atoms in total. The molecule has 29 rings (SSSR count). The minimum absolute atomic E-state index is 0.334. The molecule has 0 N–H and O–H groups in total. The summed E-state index contributed by atoms with van der Waals surface area (Å²) in [6.07, 6.45) is 0. The van der Waals surface area contributed by atoms with Gasteiger partial charge in [-0.1, -0.05) is 212 Å². The van der Waals surface area contributed by atoms with Gasteiger partial charge in [-0.15, -0.1) is 11.3 Å². The van der Waals surface area contributed by atoms with Crippen molar-refractivity contribution in [1.82, 2.24) is 27.2 Å². The van der Waals surface area contributed by atoms with Crippen molar-refractivity contribution in [1.29, 1.82) is 0 Å². The van der Waals surface area contributed by atoms with Crippen molar-refractivity contribution in [3.05, 3.63) is 406 Å². The van der Waals surface area contributed by atoms with Crippen LogP contribution in [0.25, 0.3) is 207 Å². The van der Waals surface area contributed by atoms with Crippen LogP contribution in [0.4, 0.5) is 34.1 Å². The normalized spacial score (nSPS) is 13.0. The number of benzene rings is 19. The van der Waals surface area contributed by atoms with E-state index in [0.717, 1.165) is 118 Å². The highest BCUT2D eigenvalue weighted by molar-refractivity contribution is 7.26. The number of anilines is 6. The van der Waals surface area contributed by atoms with Crippen LogP contribution < -0.4 is 26.2 Å². The third-order valence-corrected chi connectivity index (χ3v) is 28.7. The van der Waals surface area contributed by atoms with Crippen LogP contribution >= 0.6 is 11.3 Å². The highest BCUT2D eigenvalue weighted by Gasteiger charge is 2.46. The minimum atomic E-state index is -0.334. The summed E-state index contributed by atoms with van der Waals surface area (Å²) in [5.41, 5.74) is 33.4. The molecule has 0 saturated heterocycles. The lowest BCUT2D eigenvalue weighted by atomic mass is 9.33. The first-order valence-corrected chi connectivity index (χ1v) is 43.6. The molecule has 124 heavy (non-hydrogen) atoms. The van der Waals surface area contributed by atoms with Crippen molar-refractivity contribution in [2.75, 3.05) is 9.80 Å². The summed E-state index contributed by atoms with van der Waals surface area (Å²) in [5.74, 6) is 0. The number of fused-ring (bicyclic) bond motifs is 28. The monoisotopic (exact) mass is 1590 g/mol. The van der Waals surface area contributed by atoms with Crippen molar-refractivity contribution < 1.29 is 0 Å². The van der Waals surface area contributed by atoms with E-state index >= 15 is 0 Å². The largest absolute Gasteiger partial charge is 0.311 e. The molecule has 0 saturated carbocycles. The zero-order chi connectivity index (χ0) is 80.4. The van der Waals surface area contributed by atoms with Gasteiger partial charge in [0.05, 0.1) is 83.1 Å². The molecule has 2 aliphatic heterocycles. The maximum Gasteiger partial charge on any atom is 0.252 e. The molecule has 0 spiro atoms. The van der Waals surface area contributed by atoms with Crippen LogP contribution in [0, 0.1) is 0 Å². The van der Waals surface area contributed by atoms with E-state index in [-0.39, 0.29) is 6.71 Å². The topological polar surface area (TPSA) is 35.5 Å². The Morgan fingerprint density at radius 1 is 0.185 bits per heavy atom. The predicted molar refractivity (Wildman–Crippen MR) is 525 cm³/mol. The first-order chi connectivity index (χ1) is 61.6. The van der Waals surface area contributed by atoms with Crippen molar-refractivity contribution >= 4 is 236 Å². The summed E-state index contributed by atoms with van der Waals surface area (Å²) in [4.78, 5) is 5.47. The molecule has 10 heteroatoms. The fraction of sp³-hybridized carbons (Fsp3) is 0. The maximum atomic E-state index is 2.73. The van der Waals surface area contributed by atoms with Gasteiger partial charge >= 0.3 is 0 Å². The molecular formula is C114H67BN8S. The molecule has 0 radical (unpaired) electrons. The van der Waals surface area contributed by atoms with E-state index in [0.29, 0.717) is 0 Å². The summed E-state index contributed by atoms with van der Waals surface area (Å²) in [5, 5.41) is 19.3. The fourth-order valence-electron chi connectivity index (χ4n) is 22.7. The van der Waals surface area contributed by atoms with Crippen LogP contribution in [-0.2, 0) is 0 Å². The number of hydrogen-bond acceptors (Lipinski definition) is 3. The lowest BCUT2D eigenvalue weighted by molar-refractivity contribution is 1.16. The quantitative estimate of drug-likeness (QED) is 0.142. The van der Waals surface area contributed by atoms with E-state index in [9.17, 15) is 0 Å². The molecule has 0 unspecified atom stereocenters. The molecule has 0 atom stereocenters. The summed E-state index contributed by atoms with van der Waals surface area (Å²) < 4.78 is 17.5. The van der Waals surface area contributed by atoms with Gasteiger partial charge in [0.1, 0.15) is 0 Å². The van der Waals surface area contributed by atoms with Crippen LogP contribution in [-0.4, -0.2) is 33.9 Å².